The zero-order chi connectivity index (χ0) is 55.1. The van der Waals surface area contributed by atoms with Crippen molar-refractivity contribution < 1.29 is 28.5 Å². The summed E-state index contributed by atoms with van der Waals surface area (Å²) in [6, 6.07) is 64.0. The van der Waals surface area contributed by atoms with Gasteiger partial charge in [-0.2, -0.15) is 0 Å². The Bertz CT molecular complexity index is 3450. The van der Waals surface area contributed by atoms with Crippen LogP contribution in [-0.4, -0.2) is 44.3 Å². The van der Waals surface area contributed by atoms with Crippen LogP contribution >= 0.6 is 12.1 Å². The van der Waals surface area contributed by atoms with Crippen LogP contribution in [0.3, 0.4) is 0 Å². The molecule has 79 heavy (non-hydrogen) atoms. The molecule has 8 aromatic rings. The van der Waals surface area contributed by atoms with E-state index in [0.717, 1.165) is 77.2 Å². The van der Waals surface area contributed by atoms with Gasteiger partial charge < -0.3 is 18.9 Å². The minimum Gasteiger partial charge on any atom is -0.494 e. The van der Waals surface area contributed by atoms with Gasteiger partial charge in [-0.05, 0) is 169 Å². The molecule has 10 heteroatoms. The largest absolute Gasteiger partial charge is 0.494 e. The molecule has 0 radical (unpaired) electrons. The highest BCUT2D eigenvalue weighted by molar-refractivity contribution is 8.32. The second-order valence-corrected chi connectivity index (χ2v) is 28.0. The molecule has 0 aliphatic rings. The fourth-order valence-electron chi connectivity index (χ4n) is 8.21. The molecule has 0 saturated heterocycles. The van der Waals surface area contributed by atoms with Crippen molar-refractivity contribution in [3.8, 4) is 58.9 Å². The summed E-state index contributed by atoms with van der Waals surface area (Å²) in [5, 5.41) is 4.45. The zero-order valence-corrected chi connectivity index (χ0v) is 47.6. The molecule has 0 atom stereocenters. The summed E-state index contributed by atoms with van der Waals surface area (Å²) in [5.74, 6) is 28.0. The summed E-state index contributed by atoms with van der Waals surface area (Å²) in [5.41, 5.74) is 7.04. The summed E-state index contributed by atoms with van der Waals surface area (Å²) in [6.07, 6.45) is 1.87. The molecule has 0 aliphatic heterocycles. The van der Waals surface area contributed by atoms with Crippen LogP contribution in [0, 0.1) is 47.4 Å². The number of esters is 2. The summed E-state index contributed by atoms with van der Waals surface area (Å²) in [6.45, 7) is 5.25. The third-order valence-electron chi connectivity index (χ3n) is 12.4. The molecule has 0 fully saturated rings. The van der Waals surface area contributed by atoms with Crippen molar-refractivity contribution in [2.24, 2.45) is 0 Å². The summed E-state index contributed by atoms with van der Waals surface area (Å²) >= 11 is 13.9. The minimum atomic E-state index is -2.55. The van der Waals surface area contributed by atoms with Crippen molar-refractivity contribution >= 4 is 68.8 Å². The van der Waals surface area contributed by atoms with Crippen LogP contribution in [0.1, 0.15) is 84.0 Å². The van der Waals surface area contributed by atoms with E-state index in [-0.39, 0.29) is 11.9 Å². The molecular weight excluding hydrogens is 1050 g/mol. The number of hydrogen-bond donors (Lipinski definition) is 0. The Hall–Kier alpha value is -8.16. The first-order chi connectivity index (χ1) is 38.6. The third kappa shape index (κ3) is 16.9. The van der Waals surface area contributed by atoms with Crippen LogP contribution in [0.5, 0.6) is 11.5 Å². The topological polar surface area (TPSA) is 71.1 Å². The molecule has 0 aromatic heterocycles. The van der Waals surface area contributed by atoms with Crippen molar-refractivity contribution in [3.63, 3.8) is 0 Å². The Morgan fingerprint density at radius 3 is 0.861 bits per heavy atom. The molecule has 0 saturated carbocycles. The Morgan fingerprint density at radius 2 is 0.595 bits per heavy atom. The average molecular weight is 1110 g/mol. The molecular formula is C69H58O6P2S2. The van der Waals surface area contributed by atoms with Crippen molar-refractivity contribution in [2.75, 3.05) is 32.3 Å². The summed E-state index contributed by atoms with van der Waals surface area (Å²) < 4.78 is 21.5. The molecule has 8 aromatic carbocycles. The van der Waals surface area contributed by atoms with Gasteiger partial charge in [-0.3, -0.25) is 9.59 Å². The highest BCUT2D eigenvalue weighted by Gasteiger charge is 2.33. The summed E-state index contributed by atoms with van der Waals surface area (Å²) in [7, 11) is 0. The number of benzene rings is 8. The van der Waals surface area contributed by atoms with Gasteiger partial charge in [0.15, 0.2) is 0 Å². The van der Waals surface area contributed by atoms with Gasteiger partial charge in [0, 0.05) is 75.3 Å². The number of ether oxygens (including phenoxy) is 4. The van der Waals surface area contributed by atoms with E-state index in [1.54, 1.807) is 13.8 Å². The third-order valence-corrected chi connectivity index (χ3v) is 24.7. The van der Waals surface area contributed by atoms with Gasteiger partial charge in [0.25, 0.3) is 0 Å². The van der Waals surface area contributed by atoms with E-state index in [4.69, 9.17) is 42.6 Å². The maximum atomic E-state index is 11.6. The molecule has 0 spiro atoms. The molecule has 0 bridgehead atoms. The Balaban J connectivity index is 0.949. The lowest BCUT2D eigenvalue weighted by atomic mass is 10.1. The number of rotatable bonds is 18. The van der Waals surface area contributed by atoms with Gasteiger partial charge in [-0.15, -0.1) is 0 Å². The van der Waals surface area contributed by atoms with Crippen molar-refractivity contribution in [2.45, 2.75) is 39.5 Å². The van der Waals surface area contributed by atoms with Gasteiger partial charge in [0.1, 0.15) is 11.5 Å². The predicted molar refractivity (Wildman–Crippen MR) is 330 cm³/mol. The smallest absolute Gasteiger partial charge is 0.305 e. The standard InChI is InChI=1S/C69H58O6P2S2/c1-3-72-68(70)17-11-51-74-62-43-35-58(36-44-62)31-27-54-19-23-56(24-20-54)29-33-60-39-47-66(48-40-60)77(79,53-76(78,64-13-7-5-8-14-64)65-15-9-6-10-16-65)67-49-41-61(42-50-67)34-30-57-25-21-55(22-26-57)28-32-59-37-45-63(46-38-59)75-52-12-18-69(71)73-4-2/h5-10,13-16,19-26,35-50H,3-4,11-12,17-18,51-53H2,1-2H3. The minimum absolute atomic E-state index is 0.207. The average Bonchev–Trinajstić information content (AvgIpc) is 3.53. The van der Waals surface area contributed by atoms with Crippen LogP contribution in [0.4, 0.5) is 0 Å². The van der Waals surface area contributed by atoms with Crippen LogP contribution in [0.2, 0.25) is 0 Å². The van der Waals surface area contributed by atoms with Crippen molar-refractivity contribution in [1.82, 2.24) is 0 Å². The molecule has 6 nitrogen and oxygen atoms in total. The lowest BCUT2D eigenvalue weighted by molar-refractivity contribution is -0.144. The van der Waals surface area contributed by atoms with E-state index in [2.05, 4.69) is 144 Å². The maximum absolute atomic E-state index is 11.6. The molecule has 8 rings (SSSR count). The SMILES string of the molecule is CCOC(=O)CCCOc1ccc(C#Cc2ccc(C#Cc3ccc(P(=S)(CP(=S)(c4ccccc4)c4ccccc4)c4ccc(C#Cc5ccc(C#Cc6ccc(OCCCC(=O)OCC)cc6)cc5)cc4)cc3)cc2)cc1. The number of hydrogen-bond acceptors (Lipinski definition) is 8. The fraction of sp³-hybridized carbons (Fsp3) is 0.159. The summed E-state index contributed by atoms with van der Waals surface area (Å²) in [4.78, 5) is 23.1. The van der Waals surface area contributed by atoms with E-state index in [1.165, 1.54) is 0 Å². The van der Waals surface area contributed by atoms with E-state index >= 15 is 0 Å². The van der Waals surface area contributed by atoms with Gasteiger partial charge in [0.05, 0.1) is 26.4 Å². The highest BCUT2D eigenvalue weighted by Crippen LogP contribution is 2.59. The lowest BCUT2D eigenvalue weighted by Crippen LogP contribution is -2.25. The van der Waals surface area contributed by atoms with Crippen molar-refractivity contribution in [3.05, 3.63) is 251 Å². The fourth-order valence-corrected chi connectivity index (χ4v) is 21.5. The number of carbonyl (C=O) groups excluding carboxylic acids is 2. The first-order valence-electron chi connectivity index (χ1n) is 26.1. The van der Waals surface area contributed by atoms with E-state index in [0.29, 0.717) is 58.0 Å². The Morgan fingerprint density at radius 1 is 0.354 bits per heavy atom. The van der Waals surface area contributed by atoms with E-state index in [9.17, 15) is 9.59 Å². The van der Waals surface area contributed by atoms with Crippen molar-refractivity contribution in [1.29, 1.82) is 0 Å². The quantitative estimate of drug-likeness (QED) is 0.0364. The molecule has 0 amide bonds. The molecule has 0 N–H and O–H groups in total. The van der Waals surface area contributed by atoms with Gasteiger partial charge in [-0.25, -0.2) is 0 Å². The lowest BCUT2D eigenvalue weighted by Gasteiger charge is -2.32. The van der Waals surface area contributed by atoms with E-state index < -0.39 is 12.1 Å². The highest BCUT2D eigenvalue weighted by atomic mass is 32.5. The van der Waals surface area contributed by atoms with Gasteiger partial charge in [-0.1, -0.05) is 156 Å². The van der Waals surface area contributed by atoms with Crippen LogP contribution in [0.15, 0.2) is 206 Å². The molecule has 0 aliphatic carbocycles. The van der Waals surface area contributed by atoms with Gasteiger partial charge >= 0.3 is 11.9 Å². The second kappa shape index (κ2) is 29.0. The van der Waals surface area contributed by atoms with Crippen LogP contribution in [-0.2, 0) is 42.7 Å². The molecule has 392 valence electrons. The first kappa shape index (κ1) is 57.0. The molecule has 0 unspecified atom stereocenters. The predicted octanol–water partition coefficient (Wildman–Crippen LogP) is 12.2. The normalized spacial score (nSPS) is 10.7. The van der Waals surface area contributed by atoms with Crippen LogP contribution < -0.4 is 30.7 Å². The van der Waals surface area contributed by atoms with Crippen LogP contribution in [0.25, 0.3) is 0 Å². The zero-order valence-electron chi connectivity index (χ0n) is 44.2. The van der Waals surface area contributed by atoms with Gasteiger partial charge in [0.2, 0.25) is 0 Å². The Kier molecular flexibility index (Phi) is 20.9. The Labute approximate surface area is 476 Å². The second-order valence-electron chi connectivity index (χ2n) is 18.1. The number of carbonyl (C=O) groups is 2. The van der Waals surface area contributed by atoms with E-state index in [1.807, 2.05) is 109 Å². The molecule has 0 heterocycles. The first-order valence-corrected chi connectivity index (χ1v) is 32.1. The maximum Gasteiger partial charge on any atom is 0.305 e. The monoisotopic (exact) mass is 1110 g/mol.